The Labute approximate surface area is 202 Å². The summed E-state index contributed by atoms with van der Waals surface area (Å²) in [6.07, 6.45) is 0. The van der Waals surface area contributed by atoms with Crippen LogP contribution in [0.3, 0.4) is 0 Å². The van der Waals surface area contributed by atoms with Crippen LogP contribution in [0.4, 0.5) is 11.4 Å². The van der Waals surface area contributed by atoms with Crippen LogP contribution in [-0.2, 0) is 11.3 Å². The van der Waals surface area contributed by atoms with E-state index in [1.165, 1.54) is 11.8 Å². The average molecular weight is 476 g/mol. The molecule has 34 heavy (non-hydrogen) atoms. The fraction of sp³-hybridized carbons (Fsp3) is 0.160. The second-order valence-corrected chi connectivity index (χ2v) is 8.13. The van der Waals surface area contributed by atoms with Gasteiger partial charge in [0, 0.05) is 11.4 Å². The van der Waals surface area contributed by atoms with Crippen LogP contribution in [0.5, 0.6) is 11.5 Å². The van der Waals surface area contributed by atoms with E-state index in [1.807, 2.05) is 71.3 Å². The third-order valence-corrected chi connectivity index (χ3v) is 5.90. The van der Waals surface area contributed by atoms with Crippen LogP contribution in [0.1, 0.15) is 5.82 Å². The molecule has 1 amide bonds. The van der Waals surface area contributed by atoms with Crippen molar-refractivity contribution in [2.75, 3.05) is 30.6 Å². The highest BCUT2D eigenvalue weighted by molar-refractivity contribution is 7.99. The molecule has 1 aromatic heterocycles. The molecule has 0 aliphatic heterocycles. The number of amides is 1. The average Bonchev–Trinajstić information content (AvgIpc) is 3.30. The van der Waals surface area contributed by atoms with Gasteiger partial charge in [0.05, 0.1) is 32.2 Å². The molecule has 0 bridgehead atoms. The second-order valence-electron chi connectivity index (χ2n) is 7.19. The Bertz CT molecular complexity index is 1230. The first-order valence-corrected chi connectivity index (χ1v) is 11.6. The number of rotatable bonds is 10. The third-order valence-electron chi connectivity index (χ3n) is 4.97. The molecule has 0 saturated carbocycles. The number of hydrogen-bond donors (Lipinski definition) is 2. The molecule has 9 heteroatoms. The fourth-order valence-electron chi connectivity index (χ4n) is 3.30. The van der Waals surface area contributed by atoms with Crippen molar-refractivity contribution in [1.29, 1.82) is 0 Å². The van der Waals surface area contributed by atoms with Gasteiger partial charge >= 0.3 is 0 Å². The number of hydrogen-bond acceptors (Lipinski definition) is 7. The standard InChI is InChI=1S/C25H25N5O3S/c1-32-20-14-12-18(13-15-20)26-16-23-28-29-25(30(23)19-8-4-3-5-9-19)34-17-24(31)27-21-10-6-7-11-22(21)33-2/h3-15,26H,16-17H2,1-2H3,(H,27,31). The van der Waals surface area contributed by atoms with Crippen LogP contribution in [0.2, 0.25) is 0 Å². The molecule has 4 rings (SSSR count). The molecule has 3 aromatic carbocycles. The number of thioether (sulfide) groups is 1. The third kappa shape index (κ3) is 5.68. The lowest BCUT2D eigenvalue weighted by atomic mass is 10.3. The van der Waals surface area contributed by atoms with E-state index < -0.39 is 0 Å². The first kappa shape index (κ1) is 23.2. The van der Waals surface area contributed by atoms with Gasteiger partial charge in [0.2, 0.25) is 5.91 Å². The number of para-hydroxylation sites is 3. The Hall–Kier alpha value is -3.98. The number of benzene rings is 3. The summed E-state index contributed by atoms with van der Waals surface area (Å²) in [6, 6.07) is 24.8. The molecule has 0 atom stereocenters. The minimum atomic E-state index is -0.157. The molecule has 4 aromatic rings. The quantitative estimate of drug-likeness (QED) is 0.323. The number of anilines is 2. The van der Waals surface area contributed by atoms with E-state index in [-0.39, 0.29) is 11.7 Å². The normalized spacial score (nSPS) is 10.5. The van der Waals surface area contributed by atoms with E-state index in [9.17, 15) is 4.79 Å². The molecule has 0 unspecified atom stereocenters. The van der Waals surface area contributed by atoms with E-state index in [0.717, 1.165) is 22.9 Å². The monoisotopic (exact) mass is 475 g/mol. The van der Waals surface area contributed by atoms with Crippen LogP contribution in [0, 0.1) is 0 Å². The van der Waals surface area contributed by atoms with Crippen molar-refractivity contribution in [1.82, 2.24) is 14.8 Å². The zero-order valence-electron chi connectivity index (χ0n) is 18.9. The van der Waals surface area contributed by atoms with E-state index in [1.54, 1.807) is 26.4 Å². The Morgan fingerprint density at radius 3 is 2.38 bits per heavy atom. The Morgan fingerprint density at radius 2 is 1.65 bits per heavy atom. The summed E-state index contributed by atoms with van der Waals surface area (Å²) in [5.41, 5.74) is 2.49. The predicted molar refractivity (Wildman–Crippen MR) is 134 cm³/mol. The number of aromatic nitrogens is 3. The molecule has 0 aliphatic carbocycles. The van der Waals surface area contributed by atoms with Crippen LogP contribution in [0.15, 0.2) is 84.0 Å². The maximum Gasteiger partial charge on any atom is 0.234 e. The fourth-order valence-corrected chi connectivity index (χ4v) is 4.07. The van der Waals surface area contributed by atoms with Crippen LogP contribution in [-0.4, -0.2) is 40.6 Å². The van der Waals surface area contributed by atoms with Gasteiger partial charge in [-0.3, -0.25) is 9.36 Å². The van der Waals surface area contributed by atoms with E-state index in [2.05, 4.69) is 20.8 Å². The summed E-state index contributed by atoms with van der Waals surface area (Å²) in [7, 11) is 3.21. The van der Waals surface area contributed by atoms with Crippen molar-refractivity contribution in [3.63, 3.8) is 0 Å². The second kappa shape index (κ2) is 11.2. The Kier molecular flexibility index (Phi) is 7.67. The summed E-state index contributed by atoms with van der Waals surface area (Å²) in [5.74, 6) is 2.16. The lowest BCUT2D eigenvalue weighted by Gasteiger charge is -2.12. The molecule has 0 aliphatic rings. The van der Waals surface area contributed by atoms with Gasteiger partial charge < -0.3 is 20.1 Å². The molecule has 2 N–H and O–H groups in total. The minimum Gasteiger partial charge on any atom is -0.497 e. The predicted octanol–water partition coefficient (Wildman–Crippen LogP) is 4.63. The summed E-state index contributed by atoms with van der Waals surface area (Å²) >= 11 is 1.32. The van der Waals surface area contributed by atoms with Gasteiger partial charge in [0.15, 0.2) is 11.0 Å². The Morgan fingerprint density at radius 1 is 0.912 bits per heavy atom. The molecular weight excluding hydrogens is 450 g/mol. The lowest BCUT2D eigenvalue weighted by Crippen LogP contribution is -2.15. The number of ether oxygens (including phenoxy) is 2. The minimum absolute atomic E-state index is 0.157. The highest BCUT2D eigenvalue weighted by Gasteiger charge is 2.16. The van der Waals surface area contributed by atoms with E-state index in [0.29, 0.717) is 23.1 Å². The highest BCUT2D eigenvalue weighted by Crippen LogP contribution is 2.26. The molecule has 0 saturated heterocycles. The van der Waals surface area contributed by atoms with Crippen molar-refractivity contribution in [2.45, 2.75) is 11.7 Å². The zero-order valence-corrected chi connectivity index (χ0v) is 19.7. The molecule has 0 spiro atoms. The summed E-state index contributed by atoms with van der Waals surface area (Å²) in [5, 5.41) is 15.6. The molecule has 1 heterocycles. The van der Waals surface area contributed by atoms with Gasteiger partial charge in [-0.2, -0.15) is 0 Å². The maximum atomic E-state index is 12.6. The summed E-state index contributed by atoms with van der Waals surface area (Å²) in [6.45, 7) is 0.461. The van der Waals surface area contributed by atoms with E-state index in [4.69, 9.17) is 9.47 Å². The number of carbonyl (C=O) groups is 1. The first-order valence-electron chi connectivity index (χ1n) is 10.6. The van der Waals surface area contributed by atoms with Crippen molar-refractivity contribution < 1.29 is 14.3 Å². The smallest absolute Gasteiger partial charge is 0.234 e. The van der Waals surface area contributed by atoms with E-state index >= 15 is 0 Å². The number of methoxy groups -OCH3 is 2. The molecule has 0 radical (unpaired) electrons. The number of carbonyl (C=O) groups excluding carboxylic acids is 1. The highest BCUT2D eigenvalue weighted by atomic mass is 32.2. The topological polar surface area (TPSA) is 90.3 Å². The van der Waals surface area contributed by atoms with Gasteiger partial charge in [0.1, 0.15) is 11.5 Å². The molecular formula is C25H25N5O3S. The Balaban J connectivity index is 1.48. The molecule has 8 nitrogen and oxygen atoms in total. The first-order chi connectivity index (χ1) is 16.7. The zero-order chi connectivity index (χ0) is 23.8. The van der Waals surface area contributed by atoms with Crippen LogP contribution in [0.25, 0.3) is 5.69 Å². The number of nitrogens with one attached hydrogen (secondary N) is 2. The summed E-state index contributed by atoms with van der Waals surface area (Å²) in [4.78, 5) is 12.6. The maximum absolute atomic E-state index is 12.6. The van der Waals surface area contributed by atoms with Crippen LogP contribution >= 0.6 is 11.8 Å². The van der Waals surface area contributed by atoms with Crippen molar-refractivity contribution in [3.8, 4) is 17.2 Å². The van der Waals surface area contributed by atoms with Crippen molar-refractivity contribution in [3.05, 3.63) is 84.7 Å². The van der Waals surface area contributed by atoms with Gasteiger partial charge in [-0.25, -0.2) is 0 Å². The van der Waals surface area contributed by atoms with Gasteiger partial charge in [-0.1, -0.05) is 42.1 Å². The van der Waals surface area contributed by atoms with Gasteiger partial charge in [-0.05, 0) is 48.5 Å². The number of nitrogens with zero attached hydrogens (tertiary/aromatic N) is 3. The van der Waals surface area contributed by atoms with Crippen LogP contribution < -0.4 is 20.1 Å². The molecule has 174 valence electrons. The van der Waals surface area contributed by atoms with Gasteiger partial charge in [-0.15, -0.1) is 10.2 Å². The SMILES string of the molecule is COc1ccc(NCc2nnc(SCC(=O)Nc3ccccc3OC)n2-c2ccccc2)cc1. The summed E-state index contributed by atoms with van der Waals surface area (Å²) < 4.78 is 12.5. The largest absolute Gasteiger partial charge is 0.497 e. The van der Waals surface area contributed by atoms with Gasteiger partial charge in [0.25, 0.3) is 0 Å². The lowest BCUT2D eigenvalue weighted by molar-refractivity contribution is -0.113. The molecule has 0 fully saturated rings. The van der Waals surface area contributed by atoms with Crippen molar-refractivity contribution >= 4 is 29.0 Å². The van der Waals surface area contributed by atoms with Crippen molar-refractivity contribution in [2.24, 2.45) is 0 Å².